The number of methoxy groups -OCH3 is 1. The zero-order valence-corrected chi connectivity index (χ0v) is 36.3. The van der Waals surface area contributed by atoms with Gasteiger partial charge in [-0.1, -0.05) is 65.7 Å². The lowest BCUT2D eigenvalue weighted by atomic mass is 10.0. The molecule has 1 aliphatic heterocycles. The van der Waals surface area contributed by atoms with Gasteiger partial charge in [-0.05, 0) is 76.9 Å². The zero-order valence-electron chi connectivity index (χ0n) is 33.0. The van der Waals surface area contributed by atoms with Gasteiger partial charge in [0.15, 0.2) is 11.5 Å². The minimum Gasteiger partial charge on any atom is -0.468 e. The van der Waals surface area contributed by atoms with Crippen LogP contribution in [0.15, 0.2) is 85.1 Å². The van der Waals surface area contributed by atoms with Crippen LogP contribution in [0.1, 0.15) is 66.9 Å². The Hall–Kier alpha value is -4.53. The maximum Gasteiger partial charge on any atom is 0.440 e. The number of ketones is 1. The number of benzene rings is 3. The van der Waals surface area contributed by atoms with Crippen LogP contribution < -0.4 is 24.5 Å². The summed E-state index contributed by atoms with van der Waals surface area (Å²) < 4.78 is 53.8. The van der Waals surface area contributed by atoms with Crippen LogP contribution in [0.5, 0.6) is 11.5 Å². The third kappa shape index (κ3) is 11.8. The number of aromatic nitrogens is 2. The monoisotopic (exact) mass is 890 g/mol. The molecule has 1 fully saturated rings. The molecule has 1 amide bonds. The van der Waals surface area contributed by atoms with Crippen LogP contribution in [0, 0.1) is 0 Å². The number of hydrogen-bond acceptors (Lipinski definition) is 11. The lowest BCUT2D eigenvalue weighted by Crippen LogP contribution is -2.47. The molecule has 3 N–H and O–H groups in total. The van der Waals surface area contributed by atoms with E-state index in [2.05, 4.69) is 20.6 Å². The third-order valence-corrected chi connectivity index (χ3v) is 13.8. The van der Waals surface area contributed by atoms with E-state index in [4.69, 9.17) is 41.7 Å². The molecule has 1 aliphatic rings. The maximum atomic E-state index is 14.7. The Morgan fingerprint density at radius 3 is 1.85 bits per heavy atom. The third-order valence-electron chi connectivity index (χ3n) is 8.95. The second-order valence-corrected chi connectivity index (χ2v) is 18.6. The van der Waals surface area contributed by atoms with Crippen LogP contribution in [-0.2, 0) is 34.6 Å². The first-order chi connectivity index (χ1) is 28.0. The van der Waals surface area contributed by atoms with Crippen LogP contribution in [0.25, 0.3) is 0 Å². The van der Waals surface area contributed by atoms with Crippen molar-refractivity contribution < 1.29 is 46.8 Å². The van der Waals surface area contributed by atoms with Crippen LogP contribution >= 0.6 is 38.5 Å². The molecule has 1 saturated heterocycles. The molecule has 2 heterocycles. The molecule has 0 radical (unpaired) electrons. The van der Waals surface area contributed by atoms with Crippen molar-refractivity contribution in [1.82, 2.24) is 29.7 Å². The van der Waals surface area contributed by atoms with Crippen molar-refractivity contribution in [1.29, 1.82) is 0 Å². The molecule has 2 unspecified atom stereocenters. The topological polar surface area (TPSA) is 196 Å². The van der Waals surface area contributed by atoms with Gasteiger partial charge in [0, 0.05) is 37.3 Å². The Morgan fingerprint density at radius 2 is 1.31 bits per heavy atom. The van der Waals surface area contributed by atoms with E-state index in [1.165, 1.54) is 39.3 Å². The number of amides is 1. The number of Topliss-reactive ketones (excluding diaryl/α,β-unsaturated/α-hetero) is 1. The van der Waals surface area contributed by atoms with Gasteiger partial charge < -0.3 is 23.8 Å². The Labute approximate surface area is 352 Å². The summed E-state index contributed by atoms with van der Waals surface area (Å²) in [7, 11) is -7.14. The highest BCUT2D eigenvalue weighted by molar-refractivity contribution is 7.55. The molecular formula is C39H46Cl2N6O10P2. The Balaban J connectivity index is 1.42. The van der Waals surface area contributed by atoms with E-state index in [1.54, 1.807) is 85.2 Å². The fourth-order valence-electron chi connectivity index (χ4n) is 6.05. The number of nitrogens with one attached hydrogen (secondary N) is 3. The molecule has 0 aliphatic carbocycles. The van der Waals surface area contributed by atoms with Gasteiger partial charge in [0.25, 0.3) is 5.91 Å². The van der Waals surface area contributed by atoms with Gasteiger partial charge in [-0.25, -0.2) is 24.0 Å². The molecule has 4 aromatic rings. The summed E-state index contributed by atoms with van der Waals surface area (Å²) >= 11 is 12.7. The largest absolute Gasteiger partial charge is 0.468 e. The van der Waals surface area contributed by atoms with Gasteiger partial charge in [-0.3, -0.25) is 19.2 Å². The van der Waals surface area contributed by atoms with Crippen LogP contribution in [0.4, 0.5) is 0 Å². The Kier molecular flexibility index (Phi) is 15.6. The molecule has 0 saturated carbocycles. The first-order valence-corrected chi connectivity index (χ1v) is 22.6. The molecule has 1 aromatic heterocycles. The van der Waals surface area contributed by atoms with Gasteiger partial charge in [-0.2, -0.15) is 9.55 Å². The number of carbonyl (C=O) groups is 4. The second kappa shape index (κ2) is 20.2. The van der Waals surface area contributed by atoms with E-state index in [-0.39, 0.29) is 51.8 Å². The molecule has 5 rings (SSSR count). The molecule has 0 bridgehead atoms. The summed E-state index contributed by atoms with van der Waals surface area (Å²) in [5.41, 5.74) is -0.186. The molecule has 4 atom stereocenters. The first-order valence-electron chi connectivity index (χ1n) is 18.7. The van der Waals surface area contributed by atoms with E-state index in [1.807, 2.05) is 0 Å². The predicted octanol–water partition coefficient (Wildman–Crippen LogP) is 7.11. The lowest BCUT2D eigenvalue weighted by molar-refractivity contribution is -0.149. The molecule has 3 aromatic carbocycles. The maximum absolute atomic E-state index is 14.7. The van der Waals surface area contributed by atoms with Crippen LogP contribution in [0.2, 0.25) is 10.0 Å². The average molecular weight is 892 g/mol. The number of carbonyl (C=O) groups excluding carboxylic acids is 4. The predicted molar refractivity (Wildman–Crippen MR) is 222 cm³/mol. The normalized spacial score (nSPS) is 16.5. The highest BCUT2D eigenvalue weighted by Gasteiger charge is 2.41. The van der Waals surface area contributed by atoms with Crippen molar-refractivity contribution >= 4 is 62.2 Å². The van der Waals surface area contributed by atoms with Gasteiger partial charge in [0.2, 0.25) is 0 Å². The van der Waals surface area contributed by atoms with E-state index in [0.29, 0.717) is 18.6 Å². The molecular weight excluding hydrogens is 845 g/mol. The number of nitrogens with zero attached hydrogens (tertiary/aromatic N) is 3. The van der Waals surface area contributed by atoms with E-state index >= 15 is 0 Å². The van der Waals surface area contributed by atoms with Crippen molar-refractivity contribution in [2.45, 2.75) is 71.2 Å². The summed E-state index contributed by atoms with van der Waals surface area (Å²) in [6, 6.07) is 18.6. The second-order valence-electron chi connectivity index (χ2n) is 13.9. The highest BCUT2D eigenvalue weighted by Crippen LogP contribution is 2.49. The minimum absolute atomic E-state index is 0.0195. The number of esters is 2. The Bertz CT molecular complexity index is 2200. The number of rotatable bonds is 18. The zero-order chi connectivity index (χ0) is 42.9. The number of hydrogen-bond donors (Lipinski definition) is 3. The van der Waals surface area contributed by atoms with Crippen molar-refractivity contribution in [3.63, 3.8) is 0 Å². The number of para-hydroxylation sites is 2. The fraction of sp³-hybridized carbons (Fsp3) is 0.359. The lowest BCUT2D eigenvalue weighted by Gasteiger charge is -2.37. The molecule has 16 nitrogen and oxygen atoms in total. The number of ether oxygens (including phenoxy) is 2. The fourth-order valence-corrected chi connectivity index (χ4v) is 10.5. The number of halogens is 2. The van der Waals surface area contributed by atoms with Crippen LogP contribution in [-0.4, -0.2) is 82.3 Å². The minimum atomic E-state index is -4.40. The van der Waals surface area contributed by atoms with E-state index < -0.39 is 63.5 Å². The van der Waals surface area contributed by atoms with Gasteiger partial charge in [0.1, 0.15) is 23.6 Å². The highest BCUT2D eigenvalue weighted by atomic mass is 35.5. The molecule has 59 heavy (non-hydrogen) atoms. The van der Waals surface area contributed by atoms with Crippen molar-refractivity contribution in [3.05, 3.63) is 112 Å². The standard InChI is InChI=1S/C39H46Cl2N6O10P2/c1-25(2)55-39(51)27(4)44-58(52,56-30-13-8-6-9-14-30)46-21-19-29(20-22-46)42-37(49)36-28(23-34(48)35-32(40)17-12-18-33(35)41)24-47(43-36)59(53,45-26(3)38(50)54-5)57-31-15-10-7-11-16-31/h6-18,24-27,29H,19-23H2,1-5H3,(H,42,49)(H,44,52)(H,45,53)/t26-,27-,58?,59?/m0/s1. The summed E-state index contributed by atoms with van der Waals surface area (Å²) in [5, 5.41) is 13.0. The molecule has 316 valence electrons. The first kappa shape index (κ1) is 45.6. The number of piperidine rings is 1. The summed E-state index contributed by atoms with van der Waals surface area (Å²) in [6.07, 6.45) is 0.986. The van der Waals surface area contributed by atoms with Gasteiger partial charge >= 0.3 is 27.3 Å². The quantitative estimate of drug-likeness (QED) is 0.0519. The van der Waals surface area contributed by atoms with E-state index in [0.717, 1.165) is 4.45 Å². The van der Waals surface area contributed by atoms with Crippen molar-refractivity contribution in [2.24, 2.45) is 0 Å². The van der Waals surface area contributed by atoms with Gasteiger partial charge in [-0.15, -0.1) is 0 Å². The average Bonchev–Trinajstić information content (AvgIpc) is 3.63. The summed E-state index contributed by atoms with van der Waals surface area (Å²) in [5.74, 6) is -2.13. The SMILES string of the molecule is COC(=O)[C@H](C)NP(=O)(Oc1ccccc1)n1cc(CC(=O)c2c(Cl)cccc2Cl)c(C(=O)NC2CCN(P(=O)(N[C@@H](C)C(=O)OC(C)C)Oc3ccccc3)CC2)n1. The van der Waals surface area contributed by atoms with Crippen LogP contribution in [0.3, 0.4) is 0 Å². The van der Waals surface area contributed by atoms with E-state index in [9.17, 15) is 28.3 Å². The molecule has 0 spiro atoms. The molecule has 20 heteroatoms. The summed E-state index contributed by atoms with van der Waals surface area (Å²) in [6.45, 7) is 6.72. The summed E-state index contributed by atoms with van der Waals surface area (Å²) in [4.78, 5) is 53.0. The Morgan fingerprint density at radius 1 is 0.780 bits per heavy atom. The smallest absolute Gasteiger partial charge is 0.440 e. The van der Waals surface area contributed by atoms with Crippen molar-refractivity contribution in [2.75, 3.05) is 20.2 Å². The van der Waals surface area contributed by atoms with Crippen molar-refractivity contribution in [3.8, 4) is 11.5 Å². The van der Waals surface area contributed by atoms with Gasteiger partial charge in [0.05, 0.1) is 28.8 Å².